The van der Waals surface area contributed by atoms with Gasteiger partial charge in [0, 0.05) is 43.3 Å². The van der Waals surface area contributed by atoms with E-state index in [1.165, 1.54) is 0 Å². The van der Waals surface area contributed by atoms with Gasteiger partial charge in [0.15, 0.2) is 5.82 Å². The number of rotatable bonds is 11. The first-order valence-electron chi connectivity index (χ1n) is 13.7. The number of hydrogen-bond donors (Lipinski definition) is 2. The lowest BCUT2D eigenvalue weighted by Gasteiger charge is -2.41. The number of nitrogens with zero attached hydrogens (tertiary/aromatic N) is 5. The number of nitrogens with one attached hydrogen (secondary N) is 1. The van der Waals surface area contributed by atoms with Crippen LogP contribution in [0, 0.1) is 20.8 Å². The fraction of sp³-hybridized carbons (Fsp3) is 0.536. The van der Waals surface area contributed by atoms with Gasteiger partial charge < -0.3 is 24.6 Å². The molecule has 0 aliphatic carbocycles. The second-order valence-corrected chi connectivity index (χ2v) is 12.3. The van der Waals surface area contributed by atoms with Gasteiger partial charge in [0.1, 0.15) is 30.0 Å². The quantitative estimate of drug-likeness (QED) is 0.353. The first kappa shape index (κ1) is 29.9. The van der Waals surface area contributed by atoms with E-state index in [9.17, 15) is 13.5 Å². The van der Waals surface area contributed by atoms with E-state index in [0.717, 1.165) is 33.9 Å². The third-order valence-electron chi connectivity index (χ3n) is 7.29. The van der Waals surface area contributed by atoms with E-state index in [2.05, 4.69) is 15.4 Å². The summed E-state index contributed by atoms with van der Waals surface area (Å²) in [6.07, 6.45) is 0.0612. The summed E-state index contributed by atoms with van der Waals surface area (Å²) in [4.78, 5) is 12.2. The van der Waals surface area contributed by atoms with Crippen LogP contribution in [0.25, 0.3) is 22.6 Å². The topological polar surface area (TPSA) is 134 Å². The Kier molecular flexibility index (Phi) is 9.44. The van der Waals surface area contributed by atoms with Crippen molar-refractivity contribution in [1.82, 2.24) is 24.7 Å². The smallest absolute Gasteiger partial charge is 0.214 e. The molecular weight excluding hydrogens is 532 g/mol. The molecule has 2 aromatic heterocycles. The molecule has 1 unspecified atom stereocenters. The largest absolute Gasteiger partial charge is 0.491 e. The zero-order chi connectivity index (χ0) is 29.0. The number of anilines is 1. The molecule has 12 heteroatoms. The molecule has 1 saturated heterocycles. The van der Waals surface area contributed by atoms with Crippen molar-refractivity contribution >= 4 is 15.8 Å². The number of piperazine rings is 1. The highest BCUT2D eigenvalue weighted by atomic mass is 32.2. The van der Waals surface area contributed by atoms with Gasteiger partial charge in [-0.05, 0) is 53.3 Å². The maximum atomic E-state index is 12.8. The van der Waals surface area contributed by atoms with Gasteiger partial charge in [-0.1, -0.05) is 24.2 Å². The Morgan fingerprint density at radius 1 is 1.20 bits per heavy atom. The van der Waals surface area contributed by atoms with Crippen LogP contribution in [0.2, 0.25) is 0 Å². The summed E-state index contributed by atoms with van der Waals surface area (Å²) in [6, 6.07) is 7.33. The number of aliphatic hydroxyl groups excluding tert-OH is 1. The van der Waals surface area contributed by atoms with Gasteiger partial charge >= 0.3 is 0 Å². The molecule has 11 nitrogen and oxygen atoms in total. The van der Waals surface area contributed by atoms with Crippen LogP contribution >= 0.6 is 0 Å². The van der Waals surface area contributed by atoms with Crippen molar-refractivity contribution in [2.75, 3.05) is 50.5 Å². The highest BCUT2D eigenvalue weighted by Gasteiger charge is 2.35. The van der Waals surface area contributed by atoms with Gasteiger partial charge in [0.2, 0.25) is 10.0 Å². The summed E-state index contributed by atoms with van der Waals surface area (Å²) in [5, 5.41) is 17.1. The molecule has 4 rings (SSSR count). The summed E-state index contributed by atoms with van der Waals surface area (Å²) in [5.41, 5.74) is 3.92. The average molecular weight is 573 g/mol. The Labute approximate surface area is 236 Å². The molecule has 0 bridgehead atoms. The van der Waals surface area contributed by atoms with Crippen LogP contribution < -0.4 is 15.0 Å². The van der Waals surface area contributed by atoms with Gasteiger partial charge in [-0.25, -0.2) is 18.4 Å². The number of aryl methyl sites for hydroxylation is 2. The van der Waals surface area contributed by atoms with Gasteiger partial charge in [-0.15, -0.1) is 0 Å². The highest BCUT2D eigenvalue weighted by Crippen LogP contribution is 2.36. The number of aliphatic hydroxyl groups is 1. The van der Waals surface area contributed by atoms with Crippen molar-refractivity contribution in [3.8, 4) is 28.4 Å². The van der Waals surface area contributed by atoms with E-state index < -0.39 is 16.1 Å². The number of likely N-dealkylation sites (N-methyl/N-ethyl adjacent to an activating group) is 1. The van der Waals surface area contributed by atoms with E-state index >= 15 is 0 Å². The summed E-state index contributed by atoms with van der Waals surface area (Å²) in [6.45, 7) is 11.5. The van der Waals surface area contributed by atoms with Crippen LogP contribution in [0.4, 0.5) is 5.82 Å². The fourth-order valence-corrected chi connectivity index (χ4v) is 6.48. The summed E-state index contributed by atoms with van der Waals surface area (Å²) in [7, 11) is -1.53. The minimum absolute atomic E-state index is 0.0841. The molecule has 1 aliphatic heterocycles. The van der Waals surface area contributed by atoms with Crippen molar-refractivity contribution < 1.29 is 22.8 Å². The van der Waals surface area contributed by atoms with Crippen LogP contribution in [0.3, 0.4) is 0 Å². The van der Waals surface area contributed by atoms with Crippen molar-refractivity contribution in [2.24, 2.45) is 0 Å². The second kappa shape index (κ2) is 12.6. The predicted molar refractivity (Wildman–Crippen MR) is 155 cm³/mol. The molecule has 0 amide bonds. The second-order valence-electron chi connectivity index (χ2n) is 10.1. The molecule has 0 spiro atoms. The summed E-state index contributed by atoms with van der Waals surface area (Å²) in [5.74, 6) is 2.61. The van der Waals surface area contributed by atoms with E-state index in [-0.39, 0.29) is 18.4 Å². The third kappa shape index (κ3) is 6.30. The van der Waals surface area contributed by atoms with Gasteiger partial charge in [-0.2, -0.15) is 4.31 Å². The maximum Gasteiger partial charge on any atom is 0.214 e. The van der Waals surface area contributed by atoms with E-state index in [1.807, 2.05) is 52.0 Å². The van der Waals surface area contributed by atoms with Crippen molar-refractivity contribution in [3.63, 3.8) is 0 Å². The Hall–Kier alpha value is -3.06. The number of benzene rings is 1. The number of ether oxygens (including phenoxy) is 1. The molecule has 1 aliphatic rings. The summed E-state index contributed by atoms with van der Waals surface area (Å²) < 4.78 is 38.5. The Bertz CT molecular complexity index is 1410. The lowest BCUT2D eigenvalue weighted by atomic mass is 10.0. The van der Waals surface area contributed by atoms with Crippen LogP contribution in [-0.4, -0.2) is 90.7 Å². The van der Waals surface area contributed by atoms with Gasteiger partial charge in [0.25, 0.3) is 0 Å². The first-order chi connectivity index (χ1) is 19.1. The Morgan fingerprint density at radius 3 is 2.62 bits per heavy atom. The molecule has 218 valence electrons. The van der Waals surface area contributed by atoms with Crippen molar-refractivity contribution in [1.29, 1.82) is 0 Å². The van der Waals surface area contributed by atoms with E-state index in [0.29, 0.717) is 49.9 Å². The molecule has 2 N–H and O–H groups in total. The molecule has 40 heavy (non-hydrogen) atoms. The number of hydrogen-bond acceptors (Lipinski definition) is 10. The monoisotopic (exact) mass is 572 g/mol. The van der Waals surface area contributed by atoms with Crippen molar-refractivity contribution in [3.05, 3.63) is 41.3 Å². The SMILES string of the molecule is CC[C@H]1CN(c2nc(-c3cccc(OCC(O)CNC)c3)nc(-c3c(C)noc3C)c2C)CCN1S(=O)(=O)CC. The van der Waals surface area contributed by atoms with E-state index in [1.54, 1.807) is 18.3 Å². The molecule has 1 aromatic carbocycles. The van der Waals surface area contributed by atoms with Gasteiger partial charge in [0.05, 0.1) is 22.7 Å². The highest BCUT2D eigenvalue weighted by molar-refractivity contribution is 7.89. The molecule has 1 fully saturated rings. The lowest BCUT2D eigenvalue weighted by Crippen LogP contribution is -2.55. The minimum atomic E-state index is -3.31. The molecule has 0 saturated carbocycles. The molecule has 0 radical (unpaired) electrons. The number of sulfonamides is 1. The zero-order valence-corrected chi connectivity index (χ0v) is 25.0. The Balaban J connectivity index is 1.76. The third-order valence-corrected chi connectivity index (χ3v) is 9.21. The first-order valence-corrected chi connectivity index (χ1v) is 15.3. The maximum absolute atomic E-state index is 12.8. The minimum Gasteiger partial charge on any atom is -0.491 e. The fourth-order valence-electron chi connectivity index (χ4n) is 5.11. The predicted octanol–water partition coefficient (Wildman–Crippen LogP) is 2.93. The average Bonchev–Trinajstić information content (AvgIpc) is 3.29. The van der Waals surface area contributed by atoms with Crippen LogP contribution in [-0.2, 0) is 10.0 Å². The van der Waals surface area contributed by atoms with Crippen LogP contribution in [0.1, 0.15) is 37.3 Å². The Morgan fingerprint density at radius 2 is 1.98 bits per heavy atom. The van der Waals surface area contributed by atoms with Crippen LogP contribution in [0.5, 0.6) is 5.75 Å². The molecule has 2 atom stereocenters. The van der Waals surface area contributed by atoms with Gasteiger partial charge in [-0.3, -0.25) is 0 Å². The van der Waals surface area contributed by atoms with E-state index in [4.69, 9.17) is 19.2 Å². The summed E-state index contributed by atoms with van der Waals surface area (Å²) >= 11 is 0. The standard InChI is InChI=1S/C28H40N6O5S/c1-7-22-16-33(12-13-34(22)40(36,37)8-2)28-18(3)26(25-19(4)32-39-20(25)5)30-27(31-28)21-10-9-11-24(14-21)38-17-23(35)15-29-6/h9-11,14,22-23,29,35H,7-8,12-13,15-17H2,1-6H3/t22-,23?/m0/s1. The molecule has 3 aromatic rings. The zero-order valence-electron chi connectivity index (χ0n) is 24.1. The molecular formula is C28H40N6O5S. The molecule has 3 heterocycles. The lowest BCUT2D eigenvalue weighted by molar-refractivity contribution is 0.108. The van der Waals surface area contributed by atoms with Crippen molar-refractivity contribution in [2.45, 2.75) is 53.2 Å². The number of aromatic nitrogens is 3. The normalized spacial score (nSPS) is 17.3. The van der Waals surface area contributed by atoms with Crippen LogP contribution in [0.15, 0.2) is 28.8 Å².